The molecular weight excluding hydrogens is 267 g/mol. The second-order valence-electron chi connectivity index (χ2n) is 4.37. The van der Waals surface area contributed by atoms with Gasteiger partial charge in [0.25, 0.3) is 0 Å². The first-order valence-electron chi connectivity index (χ1n) is 5.86. The smallest absolute Gasteiger partial charge is 0.194 e. The fourth-order valence-electron chi connectivity index (χ4n) is 2.03. The summed E-state index contributed by atoms with van der Waals surface area (Å²) in [5.74, 6) is -0.513. The molecule has 0 aromatic heterocycles. The van der Waals surface area contributed by atoms with Gasteiger partial charge in [-0.2, -0.15) is 0 Å². The molecule has 0 radical (unpaired) electrons. The Kier molecular flexibility index (Phi) is 3.09. The average molecular weight is 277 g/mol. The molecule has 0 N–H and O–H groups in total. The summed E-state index contributed by atoms with van der Waals surface area (Å²) in [6.45, 7) is 0. The first-order valence-corrected chi connectivity index (χ1v) is 6.24. The highest BCUT2D eigenvalue weighted by Gasteiger charge is 2.46. The van der Waals surface area contributed by atoms with Crippen molar-refractivity contribution < 1.29 is 13.9 Å². The third-order valence-corrected chi connectivity index (χ3v) is 3.43. The van der Waals surface area contributed by atoms with Crippen LogP contribution in [0.2, 0.25) is 5.02 Å². The number of rotatable bonds is 3. The maximum atomic E-state index is 12.8. The number of ketones is 1. The van der Waals surface area contributed by atoms with E-state index in [1.807, 2.05) is 18.2 Å². The monoisotopic (exact) mass is 276 g/mol. The van der Waals surface area contributed by atoms with Gasteiger partial charge in [-0.1, -0.05) is 29.8 Å². The number of hydrogen-bond donors (Lipinski definition) is 0. The number of carbonyl (C=O) groups excluding carboxylic acids is 1. The van der Waals surface area contributed by atoms with Gasteiger partial charge in [-0.05, 0) is 30.3 Å². The zero-order valence-corrected chi connectivity index (χ0v) is 10.6. The van der Waals surface area contributed by atoms with E-state index in [9.17, 15) is 9.18 Å². The van der Waals surface area contributed by atoms with E-state index in [0.29, 0.717) is 10.6 Å². The van der Waals surface area contributed by atoms with Crippen molar-refractivity contribution in [1.29, 1.82) is 0 Å². The molecule has 2 nitrogen and oxygen atoms in total. The minimum Gasteiger partial charge on any atom is -0.356 e. The molecular formula is C15H10ClFO2. The van der Waals surface area contributed by atoms with Crippen LogP contribution < -0.4 is 0 Å². The van der Waals surface area contributed by atoms with Crippen molar-refractivity contribution >= 4 is 17.4 Å². The van der Waals surface area contributed by atoms with Gasteiger partial charge in [0.2, 0.25) is 0 Å². The Morgan fingerprint density at radius 1 is 1.11 bits per heavy atom. The summed E-state index contributed by atoms with van der Waals surface area (Å²) in [5.41, 5.74) is 1.26. The van der Waals surface area contributed by atoms with E-state index in [0.717, 1.165) is 5.56 Å². The third kappa shape index (κ3) is 2.39. The van der Waals surface area contributed by atoms with Crippen LogP contribution >= 0.6 is 11.6 Å². The summed E-state index contributed by atoms with van der Waals surface area (Å²) in [6.07, 6.45) is -0.823. The van der Waals surface area contributed by atoms with Gasteiger partial charge in [0.1, 0.15) is 11.9 Å². The molecule has 1 aliphatic heterocycles. The van der Waals surface area contributed by atoms with Gasteiger partial charge in [0, 0.05) is 16.1 Å². The molecule has 0 spiro atoms. The van der Waals surface area contributed by atoms with Gasteiger partial charge >= 0.3 is 0 Å². The lowest BCUT2D eigenvalue weighted by atomic mass is 10.0. The molecule has 0 saturated carbocycles. The summed E-state index contributed by atoms with van der Waals surface area (Å²) in [5, 5.41) is 0.585. The van der Waals surface area contributed by atoms with E-state index in [1.54, 1.807) is 6.07 Å². The average Bonchev–Trinajstić information content (AvgIpc) is 3.19. The largest absolute Gasteiger partial charge is 0.356 e. The van der Waals surface area contributed by atoms with E-state index in [2.05, 4.69) is 0 Å². The van der Waals surface area contributed by atoms with Gasteiger partial charge in [-0.15, -0.1) is 0 Å². The molecule has 1 fully saturated rings. The number of epoxide rings is 1. The molecule has 3 rings (SSSR count). The maximum Gasteiger partial charge on any atom is 0.194 e. The zero-order valence-electron chi connectivity index (χ0n) is 9.85. The molecule has 1 saturated heterocycles. The molecule has 0 aliphatic carbocycles. The SMILES string of the molecule is O=C(c1ccc(F)cc1)[C@H]1O[C@H]1c1ccccc1Cl. The second-order valence-corrected chi connectivity index (χ2v) is 4.78. The van der Waals surface area contributed by atoms with Crippen LogP contribution in [0, 0.1) is 5.82 Å². The van der Waals surface area contributed by atoms with E-state index in [1.165, 1.54) is 24.3 Å². The molecule has 2 aromatic rings. The molecule has 1 heterocycles. The first-order chi connectivity index (χ1) is 9.16. The van der Waals surface area contributed by atoms with Gasteiger partial charge in [-0.3, -0.25) is 4.79 Å². The van der Waals surface area contributed by atoms with Crippen molar-refractivity contribution in [2.45, 2.75) is 12.2 Å². The van der Waals surface area contributed by atoms with Crippen molar-refractivity contribution in [1.82, 2.24) is 0 Å². The molecule has 1 aliphatic rings. The topological polar surface area (TPSA) is 29.6 Å². The summed E-state index contributed by atoms with van der Waals surface area (Å²) < 4.78 is 18.2. The van der Waals surface area contributed by atoms with Gasteiger partial charge in [0.05, 0.1) is 0 Å². The fourth-order valence-corrected chi connectivity index (χ4v) is 2.28. The number of carbonyl (C=O) groups is 1. The summed E-state index contributed by atoms with van der Waals surface area (Å²) in [7, 11) is 0. The van der Waals surface area contributed by atoms with Crippen LogP contribution in [0.3, 0.4) is 0 Å². The summed E-state index contributed by atoms with van der Waals surface area (Å²) >= 11 is 6.06. The van der Waals surface area contributed by atoms with Crippen LogP contribution in [0.25, 0.3) is 0 Å². The summed E-state index contributed by atoms with van der Waals surface area (Å²) in [6, 6.07) is 12.7. The molecule has 96 valence electrons. The minimum absolute atomic E-state index is 0.148. The lowest BCUT2D eigenvalue weighted by molar-refractivity contribution is 0.0953. The van der Waals surface area contributed by atoms with Crippen molar-refractivity contribution in [3.05, 3.63) is 70.5 Å². The minimum atomic E-state index is -0.523. The van der Waals surface area contributed by atoms with Crippen molar-refractivity contribution in [2.24, 2.45) is 0 Å². The first kappa shape index (κ1) is 12.3. The maximum absolute atomic E-state index is 12.8. The number of benzene rings is 2. The second kappa shape index (κ2) is 4.76. The zero-order chi connectivity index (χ0) is 13.4. The number of hydrogen-bond acceptors (Lipinski definition) is 2. The molecule has 19 heavy (non-hydrogen) atoms. The molecule has 2 atom stereocenters. The van der Waals surface area contributed by atoms with Crippen LogP contribution in [0.15, 0.2) is 48.5 Å². The van der Waals surface area contributed by atoms with Gasteiger partial charge in [0.15, 0.2) is 11.9 Å². The highest BCUT2D eigenvalue weighted by Crippen LogP contribution is 2.43. The molecule has 4 heteroatoms. The Labute approximate surface area is 114 Å². The Balaban J connectivity index is 1.78. The Hall–Kier alpha value is -1.71. The molecule has 0 unspecified atom stereocenters. The summed E-state index contributed by atoms with van der Waals surface area (Å²) in [4.78, 5) is 12.1. The van der Waals surface area contributed by atoms with E-state index < -0.39 is 6.10 Å². The van der Waals surface area contributed by atoms with Crippen molar-refractivity contribution in [3.8, 4) is 0 Å². The Morgan fingerprint density at radius 2 is 1.79 bits per heavy atom. The Bertz CT molecular complexity index is 624. The normalized spacial score (nSPS) is 21.2. The molecule has 0 amide bonds. The molecule has 0 bridgehead atoms. The Morgan fingerprint density at radius 3 is 2.47 bits per heavy atom. The van der Waals surface area contributed by atoms with Crippen molar-refractivity contribution in [3.63, 3.8) is 0 Å². The standard InChI is InChI=1S/C15H10ClFO2/c16-12-4-2-1-3-11(12)14-15(19-14)13(18)9-5-7-10(17)8-6-9/h1-8,14-15H/t14-,15+/m0/s1. The van der Waals surface area contributed by atoms with Crippen LogP contribution in [-0.4, -0.2) is 11.9 Å². The van der Waals surface area contributed by atoms with Crippen molar-refractivity contribution in [2.75, 3.05) is 0 Å². The van der Waals surface area contributed by atoms with Crippen LogP contribution in [0.5, 0.6) is 0 Å². The lowest BCUT2D eigenvalue weighted by Crippen LogP contribution is -2.08. The predicted octanol–water partition coefficient (Wildman–Crippen LogP) is 3.80. The third-order valence-electron chi connectivity index (χ3n) is 3.09. The van der Waals surface area contributed by atoms with Crippen LogP contribution in [0.4, 0.5) is 4.39 Å². The van der Waals surface area contributed by atoms with Gasteiger partial charge in [-0.25, -0.2) is 4.39 Å². The highest BCUT2D eigenvalue weighted by atomic mass is 35.5. The van der Waals surface area contributed by atoms with E-state index >= 15 is 0 Å². The molecule has 2 aromatic carbocycles. The number of ether oxygens (including phenoxy) is 1. The van der Waals surface area contributed by atoms with E-state index in [-0.39, 0.29) is 17.7 Å². The van der Waals surface area contributed by atoms with Crippen LogP contribution in [-0.2, 0) is 4.74 Å². The predicted molar refractivity (Wildman–Crippen MR) is 69.8 cm³/mol. The highest BCUT2D eigenvalue weighted by molar-refractivity contribution is 6.31. The lowest BCUT2D eigenvalue weighted by Gasteiger charge is -1.99. The van der Waals surface area contributed by atoms with Crippen LogP contribution in [0.1, 0.15) is 22.0 Å². The quantitative estimate of drug-likeness (QED) is 0.630. The number of Topliss-reactive ketones (excluding diaryl/α,β-unsaturated/α-hetero) is 1. The fraction of sp³-hybridized carbons (Fsp3) is 0.133. The number of halogens is 2. The van der Waals surface area contributed by atoms with E-state index in [4.69, 9.17) is 16.3 Å². The van der Waals surface area contributed by atoms with Gasteiger partial charge < -0.3 is 4.74 Å².